The lowest BCUT2D eigenvalue weighted by Gasteiger charge is -2.00. The van der Waals surface area contributed by atoms with Crippen LogP contribution in [0.4, 0.5) is 5.88 Å². The van der Waals surface area contributed by atoms with E-state index in [0.717, 1.165) is 0 Å². The normalized spacial score (nSPS) is 12.6. The molecular formula is C21H11ClN2O5. The second-order valence-electron chi connectivity index (χ2n) is 6.04. The highest BCUT2D eigenvalue weighted by atomic mass is 35.5. The number of ether oxygens (including phenoxy) is 2. The summed E-state index contributed by atoms with van der Waals surface area (Å²) in [5.41, 5.74) is 1.28. The van der Waals surface area contributed by atoms with Crippen molar-refractivity contribution in [3.63, 3.8) is 0 Å². The molecule has 0 radical (unpaired) electrons. The molecule has 1 aromatic carbocycles. The summed E-state index contributed by atoms with van der Waals surface area (Å²) >= 11 is 6.29. The molecule has 0 unspecified atom stereocenters. The van der Waals surface area contributed by atoms with Crippen LogP contribution < -0.4 is 9.47 Å². The number of halogens is 1. The number of rotatable bonds is 4. The molecule has 29 heavy (non-hydrogen) atoms. The Morgan fingerprint density at radius 3 is 2.45 bits per heavy atom. The quantitative estimate of drug-likeness (QED) is 0.397. The number of hydrogen-bond acceptors (Lipinski definition) is 7. The van der Waals surface area contributed by atoms with Crippen LogP contribution in [-0.4, -0.2) is 13.0 Å². The maximum absolute atomic E-state index is 9.77. The molecule has 1 aliphatic rings. The van der Waals surface area contributed by atoms with Crippen LogP contribution in [0, 0.1) is 11.3 Å². The highest BCUT2D eigenvalue weighted by Gasteiger charge is 2.26. The van der Waals surface area contributed by atoms with E-state index in [4.69, 9.17) is 34.3 Å². The number of nitrogens with zero attached hydrogens (tertiary/aromatic N) is 2. The fraction of sp³-hybridized carbons (Fsp3) is 0.0476. The first-order valence-corrected chi connectivity index (χ1v) is 8.90. The van der Waals surface area contributed by atoms with E-state index < -0.39 is 0 Å². The van der Waals surface area contributed by atoms with Crippen molar-refractivity contribution < 1.29 is 22.7 Å². The summed E-state index contributed by atoms with van der Waals surface area (Å²) in [4.78, 5) is 4.36. The van der Waals surface area contributed by atoms with Gasteiger partial charge in [-0.2, -0.15) is 5.26 Å². The van der Waals surface area contributed by atoms with E-state index in [-0.39, 0.29) is 18.2 Å². The molecule has 0 amide bonds. The molecule has 0 saturated heterocycles. The Labute approximate surface area is 169 Å². The van der Waals surface area contributed by atoms with Crippen molar-refractivity contribution in [3.05, 3.63) is 65.1 Å². The van der Waals surface area contributed by atoms with Gasteiger partial charge in [-0.3, -0.25) is 0 Å². The average molecular weight is 407 g/mol. The second-order valence-corrected chi connectivity index (χ2v) is 6.45. The molecule has 0 N–H and O–H groups in total. The average Bonchev–Trinajstić information content (AvgIpc) is 3.52. The Kier molecular flexibility index (Phi) is 4.12. The van der Waals surface area contributed by atoms with Gasteiger partial charge in [0.05, 0.1) is 23.1 Å². The Balaban J connectivity index is 1.62. The van der Waals surface area contributed by atoms with Crippen molar-refractivity contribution in [2.24, 2.45) is 4.99 Å². The third-order valence-electron chi connectivity index (χ3n) is 4.33. The molecule has 142 valence electrons. The molecule has 7 nitrogen and oxygen atoms in total. The summed E-state index contributed by atoms with van der Waals surface area (Å²) in [6.45, 7) is 0.141. The number of nitriles is 1. The van der Waals surface area contributed by atoms with E-state index in [0.29, 0.717) is 44.9 Å². The van der Waals surface area contributed by atoms with E-state index in [1.165, 1.54) is 18.7 Å². The summed E-state index contributed by atoms with van der Waals surface area (Å²) in [6, 6.07) is 12.4. The van der Waals surface area contributed by atoms with Crippen LogP contribution in [-0.2, 0) is 0 Å². The minimum atomic E-state index is 0.110. The number of hydrogen-bond donors (Lipinski definition) is 0. The lowest BCUT2D eigenvalue weighted by molar-refractivity contribution is 0.174. The van der Waals surface area contributed by atoms with Gasteiger partial charge >= 0.3 is 0 Å². The van der Waals surface area contributed by atoms with Crippen LogP contribution in [0.15, 0.2) is 67.2 Å². The first-order chi connectivity index (χ1) is 14.2. The molecule has 0 bridgehead atoms. The fourth-order valence-electron chi connectivity index (χ4n) is 3.01. The lowest BCUT2D eigenvalue weighted by atomic mass is 10.1. The predicted molar refractivity (Wildman–Crippen MR) is 104 cm³/mol. The number of benzene rings is 1. The maximum Gasteiger partial charge on any atom is 0.238 e. The van der Waals surface area contributed by atoms with Gasteiger partial charge < -0.3 is 22.7 Å². The van der Waals surface area contributed by atoms with Gasteiger partial charge in [0.25, 0.3) is 0 Å². The Morgan fingerprint density at radius 2 is 1.76 bits per heavy atom. The maximum atomic E-state index is 9.77. The zero-order chi connectivity index (χ0) is 19.8. The van der Waals surface area contributed by atoms with E-state index in [9.17, 15) is 5.26 Å². The van der Waals surface area contributed by atoms with Crippen molar-refractivity contribution in [2.45, 2.75) is 0 Å². The molecule has 1 aliphatic heterocycles. The van der Waals surface area contributed by atoms with E-state index in [1.807, 2.05) is 0 Å². The predicted octanol–water partition coefficient (Wildman–Crippen LogP) is 5.80. The molecule has 8 heteroatoms. The zero-order valence-electron chi connectivity index (χ0n) is 14.7. The molecule has 0 saturated carbocycles. The second kappa shape index (κ2) is 6.93. The molecule has 0 fully saturated rings. The van der Waals surface area contributed by atoms with E-state index >= 15 is 0 Å². The molecule has 3 aromatic heterocycles. The van der Waals surface area contributed by atoms with Gasteiger partial charge in [0.15, 0.2) is 23.0 Å². The van der Waals surface area contributed by atoms with Crippen molar-refractivity contribution >= 4 is 23.7 Å². The first kappa shape index (κ1) is 17.2. The summed E-state index contributed by atoms with van der Waals surface area (Å²) < 4.78 is 27.5. The molecule has 0 atom stereocenters. The van der Waals surface area contributed by atoms with Crippen molar-refractivity contribution in [1.82, 2.24) is 0 Å². The minimum absolute atomic E-state index is 0.110. The standard InChI is InChI=1S/C21H11ClN2O5/c22-14-8-18-17(27-11-28-18)7-12(14)10-24-21-13(9-23)19(15-3-1-5-25-15)20(29-21)16-4-2-6-26-16/h1-8,10H,11H2. The monoisotopic (exact) mass is 406 g/mol. The number of fused-ring (bicyclic) bond motifs is 1. The molecule has 4 aromatic rings. The summed E-state index contributed by atoms with van der Waals surface area (Å²) in [5.74, 6) is 2.53. The topological polar surface area (TPSA) is 94.0 Å². The highest BCUT2D eigenvalue weighted by Crippen LogP contribution is 2.43. The van der Waals surface area contributed by atoms with Gasteiger partial charge in [-0.25, -0.2) is 4.99 Å². The Hall–Kier alpha value is -3.89. The molecule has 5 rings (SSSR count). The SMILES string of the molecule is N#Cc1c(N=Cc2cc3c(cc2Cl)OCO3)oc(-c2ccco2)c1-c1ccco1. The van der Waals surface area contributed by atoms with Crippen LogP contribution in [0.3, 0.4) is 0 Å². The summed E-state index contributed by atoms with van der Waals surface area (Å²) in [6.07, 6.45) is 4.54. The highest BCUT2D eigenvalue weighted by molar-refractivity contribution is 6.33. The van der Waals surface area contributed by atoms with Crippen LogP contribution in [0.1, 0.15) is 11.1 Å². The van der Waals surface area contributed by atoms with Gasteiger partial charge in [0, 0.05) is 17.8 Å². The van der Waals surface area contributed by atoms with Crippen LogP contribution in [0.5, 0.6) is 11.5 Å². The largest absolute Gasteiger partial charge is 0.464 e. The fourth-order valence-corrected chi connectivity index (χ4v) is 3.21. The van der Waals surface area contributed by atoms with Gasteiger partial charge in [-0.1, -0.05) is 11.6 Å². The molecular weight excluding hydrogens is 396 g/mol. The van der Waals surface area contributed by atoms with Crippen molar-refractivity contribution in [2.75, 3.05) is 6.79 Å². The van der Waals surface area contributed by atoms with Crippen LogP contribution in [0.2, 0.25) is 5.02 Å². The Bertz CT molecular complexity index is 1250. The number of aliphatic imine (C=N–C) groups is 1. The minimum Gasteiger partial charge on any atom is -0.464 e. The third kappa shape index (κ3) is 2.96. The Morgan fingerprint density at radius 1 is 1.03 bits per heavy atom. The zero-order valence-corrected chi connectivity index (χ0v) is 15.5. The summed E-state index contributed by atoms with van der Waals surface area (Å²) in [7, 11) is 0. The van der Waals surface area contributed by atoms with Crippen molar-refractivity contribution in [1.29, 1.82) is 5.26 Å². The van der Waals surface area contributed by atoms with Gasteiger partial charge in [0.2, 0.25) is 12.7 Å². The first-order valence-electron chi connectivity index (χ1n) is 8.52. The molecule has 0 aliphatic carbocycles. The number of furan rings is 3. The van der Waals surface area contributed by atoms with Gasteiger partial charge in [-0.15, -0.1) is 0 Å². The van der Waals surface area contributed by atoms with E-state index in [2.05, 4.69) is 11.1 Å². The lowest BCUT2D eigenvalue weighted by Crippen LogP contribution is -1.92. The summed E-state index contributed by atoms with van der Waals surface area (Å²) in [5, 5.41) is 10.2. The molecule has 4 heterocycles. The third-order valence-corrected chi connectivity index (χ3v) is 4.65. The molecule has 0 spiro atoms. The van der Waals surface area contributed by atoms with Crippen LogP contribution >= 0.6 is 11.6 Å². The van der Waals surface area contributed by atoms with Gasteiger partial charge in [-0.05, 0) is 30.3 Å². The van der Waals surface area contributed by atoms with Crippen LogP contribution in [0.25, 0.3) is 22.8 Å². The van der Waals surface area contributed by atoms with Gasteiger partial charge in [0.1, 0.15) is 17.4 Å². The van der Waals surface area contributed by atoms with E-state index in [1.54, 1.807) is 36.4 Å². The van der Waals surface area contributed by atoms with Crippen molar-refractivity contribution in [3.8, 4) is 40.4 Å². The smallest absolute Gasteiger partial charge is 0.238 e.